The second-order valence-electron chi connectivity index (χ2n) is 4.15. The molecule has 0 unspecified atom stereocenters. The van der Waals surface area contributed by atoms with Crippen LogP contribution in [0.15, 0.2) is 42.5 Å². The lowest BCUT2D eigenvalue weighted by atomic mass is 10.1. The van der Waals surface area contributed by atoms with Gasteiger partial charge in [0.15, 0.2) is 0 Å². The highest BCUT2D eigenvalue weighted by Gasteiger charge is 2.09. The van der Waals surface area contributed by atoms with Crippen molar-refractivity contribution >= 4 is 34.6 Å². The smallest absolute Gasteiger partial charge is 0.338 e. The SMILES string of the molecule is CCOC(=O)c1ccc(Nc2ccc(Cl)cc2)c(N)c1. The van der Waals surface area contributed by atoms with Crippen LogP contribution in [0.1, 0.15) is 17.3 Å². The first kappa shape index (κ1) is 14.2. The molecule has 2 rings (SSSR count). The average Bonchev–Trinajstić information content (AvgIpc) is 2.43. The number of benzene rings is 2. The van der Waals surface area contributed by atoms with E-state index in [0.717, 1.165) is 11.4 Å². The Bertz CT molecular complexity index is 612. The van der Waals surface area contributed by atoms with Gasteiger partial charge in [-0.15, -0.1) is 0 Å². The van der Waals surface area contributed by atoms with E-state index in [1.54, 1.807) is 37.3 Å². The number of nitrogens with two attached hydrogens (primary N) is 1. The number of nitrogens with one attached hydrogen (secondary N) is 1. The predicted octanol–water partition coefficient (Wildman–Crippen LogP) is 3.84. The fraction of sp³-hybridized carbons (Fsp3) is 0.133. The van der Waals surface area contributed by atoms with Crippen molar-refractivity contribution < 1.29 is 9.53 Å². The van der Waals surface area contributed by atoms with E-state index in [2.05, 4.69) is 5.32 Å². The van der Waals surface area contributed by atoms with Crippen molar-refractivity contribution in [3.8, 4) is 0 Å². The topological polar surface area (TPSA) is 64.3 Å². The van der Waals surface area contributed by atoms with Crippen molar-refractivity contribution in [2.75, 3.05) is 17.7 Å². The molecule has 5 heteroatoms. The standard InChI is InChI=1S/C15H15ClN2O2/c1-2-20-15(19)10-3-8-14(13(17)9-10)18-12-6-4-11(16)5-7-12/h3-9,18H,2,17H2,1H3. The summed E-state index contributed by atoms with van der Waals surface area (Å²) in [5.74, 6) is -0.378. The van der Waals surface area contributed by atoms with E-state index >= 15 is 0 Å². The van der Waals surface area contributed by atoms with Crippen molar-refractivity contribution in [3.63, 3.8) is 0 Å². The van der Waals surface area contributed by atoms with Crippen LogP contribution in [0.4, 0.5) is 17.1 Å². The van der Waals surface area contributed by atoms with Gasteiger partial charge < -0.3 is 15.8 Å². The Morgan fingerprint density at radius 2 is 1.95 bits per heavy atom. The van der Waals surface area contributed by atoms with Crippen molar-refractivity contribution in [3.05, 3.63) is 53.1 Å². The van der Waals surface area contributed by atoms with Gasteiger partial charge in [-0.05, 0) is 49.4 Å². The van der Waals surface area contributed by atoms with Crippen LogP contribution in [0.25, 0.3) is 0 Å². The van der Waals surface area contributed by atoms with E-state index in [1.807, 2.05) is 12.1 Å². The summed E-state index contributed by atoms with van der Waals surface area (Å²) >= 11 is 5.83. The van der Waals surface area contributed by atoms with E-state index in [1.165, 1.54) is 0 Å². The molecule has 0 bridgehead atoms. The van der Waals surface area contributed by atoms with E-state index in [9.17, 15) is 4.79 Å². The van der Waals surface area contributed by atoms with Crippen LogP contribution in [-0.2, 0) is 4.74 Å². The molecule has 0 aliphatic heterocycles. The zero-order valence-corrected chi connectivity index (χ0v) is 11.8. The Kier molecular flexibility index (Phi) is 4.48. The highest BCUT2D eigenvalue weighted by molar-refractivity contribution is 6.30. The minimum absolute atomic E-state index is 0.337. The van der Waals surface area contributed by atoms with Gasteiger partial charge in [-0.2, -0.15) is 0 Å². The number of hydrogen-bond donors (Lipinski definition) is 2. The fourth-order valence-electron chi connectivity index (χ4n) is 1.71. The molecule has 0 amide bonds. The zero-order chi connectivity index (χ0) is 14.5. The highest BCUT2D eigenvalue weighted by Crippen LogP contribution is 2.25. The zero-order valence-electron chi connectivity index (χ0n) is 11.0. The molecular weight excluding hydrogens is 276 g/mol. The van der Waals surface area contributed by atoms with Gasteiger partial charge in [0.2, 0.25) is 0 Å². The van der Waals surface area contributed by atoms with E-state index in [-0.39, 0.29) is 5.97 Å². The summed E-state index contributed by atoms with van der Waals surface area (Å²) in [6.45, 7) is 2.10. The Labute approximate surface area is 122 Å². The molecule has 0 saturated carbocycles. The van der Waals surface area contributed by atoms with Gasteiger partial charge in [-0.25, -0.2) is 4.79 Å². The van der Waals surface area contributed by atoms with Crippen molar-refractivity contribution in [1.29, 1.82) is 0 Å². The molecule has 0 aromatic heterocycles. The van der Waals surface area contributed by atoms with Crippen LogP contribution in [0, 0.1) is 0 Å². The Balaban J connectivity index is 2.17. The minimum Gasteiger partial charge on any atom is -0.462 e. The van der Waals surface area contributed by atoms with Gasteiger partial charge in [0.1, 0.15) is 0 Å². The molecule has 0 heterocycles. The molecule has 2 aromatic rings. The third-order valence-corrected chi connectivity index (χ3v) is 2.94. The van der Waals surface area contributed by atoms with Crippen LogP contribution in [-0.4, -0.2) is 12.6 Å². The lowest BCUT2D eigenvalue weighted by Crippen LogP contribution is -2.06. The highest BCUT2D eigenvalue weighted by atomic mass is 35.5. The second kappa shape index (κ2) is 6.30. The molecule has 0 aliphatic carbocycles. The van der Waals surface area contributed by atoms with E-state index in [4.69, 9.17) is 22.1 Å². The first-order chi connectivity index (χ1) is 9.60. The summed E-state index contributed by atoms with van der Waals surface area (Å²) in [7, 11) is 0. The van der Waals surface area contributed by atoms with Crippen molar-refractivity contribution in [1.82, 2.24) is 0 Å². The summed E-state index contributed by atoms with van der Waals surface area (Å²) in [5, 5.41) is 3.83. The number of anilines is 3. The lowest BCUT2D eigenvalue weighted by Gasteiger charge is -2.10. The molecule has 104 valence electrons. The number of ether oxygens (including phenoxy) is 1. The lowest BCUT2D eigenvalue weighted by molar-refractivity contribution is 0.0526. The van der Waals surface area contributed by atoms with Gasteiger partial charge in [0, 0.05) is 10.7 Å². The molecule has 2 aromatic carbocycles. The van der Waals surface area contributed by atoms with Crippen LogP contribution < -0.4 is 11.1 Å². The Morgan fingerprint density at radius 1 is 1.25 bits per heavy atom. The third-order valence-electron chi connectivity index (χ3n) is 2.69. The molecule has 0 radical (unpaired) electrons. The predicted molar refractivity (Wildman–Crippen MR) is 81.5 cm³/mol. The first-order valence-electron chi connectivity index (χ1n) is 6.19. The van der Waals surface area contributed by atoms with Crippen LogP contribution >= 0.6 is 11.6 Å². The second-order valence-corrected chi connectivity index (χ2v) is 4.59. The molecule has 0 aliphatic rings. The first-order valence-corrected chi connectivity index (χ1v) is 6.57. The molecule has 4 nitrogen and oxygen atoms in total. The van der Waals surface area contributed by atoms with Crippen LogP contribution in [0.5, 0.6) is 0 Å². The number of halogens is 1. The van der Waals surface area contributed by atoms with Gasteiger partial charge >= 0.3 is 5.97 Å². The van der Waals surface area contributed by atoms with E-state index < -0.39 is 0 Å². The van der Waals surface area contributed by atoms with E-state index in [0.29, 0.717) is 22.9 Å². The monoisotopic (exact) mass is 290 g/mol. The number of nitrogen functional groups attached to an aromatic ring is 1. The quantitative estimate of drug-likeness (QED) is 0.663. The Morgan fingerprint density at radius 3 is 2.55 bits per heavy atom. The normalized spacial score (nSPS) is 10.1. The molecule has 0 fully saturated rings. The van der Waals surface area contributed by atoms with Crippen LogP contribution in [0.2, 0.25) is 5.02 Å². The summed E-state index contributed by atoms with van der Waals surface area (Å²) in [4.78, 5) is 11.6. The van der Waals surface area contributed by atoms with Gasteiger partial charge in [0.05, 0.1) is 23.5 Å². The summed E-state index contributed by atoms with van der Waals surface area (Å²) in [6.07, 6.45) is 0. The fourth-order valence-corrected chi connectivity index (χ4v) is 1.83. The van der Waals surface area contributed by atoms with Gasteiger partial charge in [-0.3, -0.25) is 0 Å². The van der Waals surface area contributed by atoms with Gasteiger partial charge in [0.25, 0.3) is 0 Å². The maximum absolute atomic E-state index is 11.6. The maximum Gasteiger partial charge on any atom is 0.338 e. The molecule has 0 saturated heterocycles. The molecule has 0 atom stereocenters. The van der Waals surface area contributed by atoms with Gasteiger partial charge in [-0.1, -0.05) is 11.6 Å². The maximum atomic E-state index is 11.6. The Hall–Kier alpha value is -2.20. The summed E-state index contributed by atoms with van der Waals surface area (Å²) < 4.78 is 4.92. The molecule has 20 heavy (non-hydrogen) atoms. The summed E-state index contributed by atoms with van der Waals surface area (Å²) in [6, 6.07) is 12.3. The number of carbonyl (C=O) groups is 1. The van der Waals surface area contributed by atoms with Crippen LogP contribution in [0.3, 0.4) is 0 Å². The number of rotatable bonds is 4. The van der Waals surface area contributed by atoms with Crippen molar-refractivity contribution in [2.45, 2.75) is 6.92 Å². The molecular formula is C15H15ClN2O2. The summed E-state index contributed by atoms with van der Waals surface area (Å²) in [5.41, 5.74) is 8.44. The number of esters is 1. The molecule has 3 N–H and O–H groups in total. The van der Waals surface area contributed by atoms with Crippen molar-refractivity contribution in [2.24, 2.45) is 0 Å². The molecule has 0 spiro atoms. The minimum atomic E-state index is -0.378. The number of hydrogen-bond acceptors (Lipinski definition) is 4. The average molecular weight is 291 g/mol. The number of carbonyl (C=O) groups excluding carboxylic acids is 1. The largest absolute Gasteiger partial charge is 0.462 e. The third kappa shape index (κ3) is 3.42.